The van der Waals surface area contributed by atoms with Crippen LogP contribution in [0.5, 0.6) is 0 Å². The Kier molecular flexibility index (Phi) is 2.95. The number of esters is 1. The molecule has 4 nitrogen and oxygen atoms in total. The topological polar surface area (TPSA) is 42.4 Å². The summed E-state index contributed by atoms with van der Waals surface area (Å²) in [5.41, 5.74) is 1.21. The number of hydrogen-bond acceptors (Lipinski definition) is 4. The third-order valence-corrected chi connectivity index (χ3v) is 2.57. The maximum Gasteiger partial charge on any atom is 0.311 e. The van der Waals surface area contributed by atoms with Crippen LogP contribution >= 0.6 is 0 Å². The van der Waals surface area contributed by atoms with Gasteiger partial charge < -0.3 is 9.64 Å². The van der Waals surface area contributed by atoms with Gasteiger partial charge in [-0.1, -0.05) is 0 Å². The molecule has 0 radical (unpaired) electrons. The Morgan fingerprint density at radius 2 is 2.24 bits per heavy atom. The van der Waals surface area contributed by atoms with Crippen LogP contribution in [-0.4, -0.2) is 37.1 Å². The van der Waals surface area contributed by atoms with Crippen LogP contribution in [0, 0.1) is 0 Å². The Labute approximate surface area is 97.2 Å². The van der Waals surface area contributed by atoms with Crippen LogP contribution in [0.1, 0.15) is 5.69 Å². The van der Waals surface area contributed by atoms with Crippen molar-refractivity contribution in [1.82, 2.24) is 4.98 Å². The highest BCUT2D eigenvalue weighted by Crippen LogP contribution is 2.31. The number of rotatable bonds is 3. The molecule has 0 bridgehead atoms. The number of methoxy groups -OCH3 is 1. The van der Waals surface area contributed by atoms with Crippen molar-refractivity contribution in [3.63, 3.8) is 0 Å². The predicted molar refractivity (Wildman–Crippen MR) is 57.1 cm³/mol. The third kappa shape index (κ3) is 2.69. The van der Waals surface area contributed by atoms with Crippen molar-refractivity contribution in [2.24, 2.45) is 0 Å². The summed E-state index contributed by atoms with van der Waals surface area (Å²) in [6.45, 7) is -0.546. The van der Waals surface area contributed by atoms with Gasteiger partial charge in [-0.3, -0.25) is 9.78 Å². The summed E-state index contributed by atoms with van der Waals surface area (Å²) in [4.78, 5) is 16.5. The van der Waals surface area contributed by atoms with E-state index in [0.717, 1.165) is 0 Å². The van der Waals surface area contributed by atoms with Crippen molar-refractivity contribution in [3.8, 4) is 0 Å². The van der Waals surface area contributed by atoms with E-state index in [0.29, 0.717) is 11.4 Å². The Hall–Kier alpha value is -1.72. The molecule has 2 heterocycles. The van der Waals surface area contributed by atoms with Gasteiger partial charge in [-0.05, 0) is 12.1 Å². The maximum atomic E-state index is 12.6. The van der Waals surface area contributed by atoms with Crippen LogP contribution in [0.15, 0.2) is 18.3 Å². The van der Waals surface area contributed by atoms with Crippen LogP contribution in [0.3, 0.4) is 0 Å². The molecule has 1 aliphatic heterocycles. The molecule has 6 heteroatoms. The Morgan fingerprint density at radius 3 is 2.71 bits per heavy atom. The maximum absolute atomic E-state index is 12.6. The molecule has 0 atom stereocenters. The van der Waals surface area contributed by atoms with Crippen LogP contribution in [-0.2, 0) is 16.0 Å². The van der Waals surface area contributed by atoms with Crippen molar-refractivity contribution in [3.05, 3.63) is 24.0 Å². The number of hydrogen-bond donors (Lipinski definition) is 0. The van der Waals surface area contributed by atoms with Crippen molar-refractivity contribution in [2.45, 2.75) is 12.3 Å². The number of halogens is 2. The van der Waals surface area contributed by atoms with Gasteiger partial charge in [0, 0.05) is 0 Å². The zero-order chi connectivity index (χ0) is 12.5. The van der Waals surface area contributed by atoms with E-state index >= 15 is 0 Å². The highest BCUT2D eigenvalue weighted by Gasteiger charge is 2.43. The molecule has 0 N–H and O–H groups in total. The lowest BCUT2D eigenvalue weighted by Gasteiger charge is -2.40. The summed E-state index contributed by atoms with van der Waals surface area (Å²) < 4.78 is 29.8. The summed E-state index contributed by atoms with van der Waals surface area (Å²) in [7, 11) is 1.30. The number of carbonyl (C=O) groups excluding carboxylic acids is 1. The van der Waals surface area contributed by atoms with Gasteiger partial charge in [0.15, 0.2) is 0 Å². The summed E-state index contributed by atoms with van der Waals surface area (Å²) in [6, 6.07) is 3.32. The minimum absolute atomic E-state index is 0.0902. The number of pyridine rings is 1. The van der Waals surface area contributed by atoms with Crippen LogP contribution < -0.4 is 4.90 Å². The third-order valence-electron chi connectivity index (χ3n) is 2.57. The second kappa shape index (κ2) is 4.27. The zero-order valence-electron chi connectivity index (χ0n) is 9.32. The SMILES string of the molecule is COC(=O)Cc1ccc(N2CC(F)(F)C2)cn1. The lowest BCUT2D eigenvalue weighted by Crippen LogP contribution is -2.56. The molecular formula is C11H12F2N2O2. The van der Waals surface area contributed by atoms with Crippen molar-refractivity contribution >= 4 is 11.7 Å². The standard InChI is InChI=1S/C11H12F2N2O2/c1-17-10(16)4-8-2-3-9(5-14-8)15-6-11(12,13)7-15/h2-3,5H,4,6-7H2,1H3. The lowest BCUT2D eigenvalue weighted by molar-refractivity contribution is -0.139. The highest BCUT2D eigenvalue weighted by atomic mass is 19.3. The molecule has 0 amide bonds. The molecule has 17 heavy (non-hydrogen) atoms. The van der Waals surface area contributed by atoms with Gasteiger partial charge in [-0.25, -0.2) is 8.78 Å². The average molecular weight is 242 g/mol. The lowest BCUT2D eigenvalue weighted by atomic mass is 10.1. The molecule has 0 aromatic carbocycles. The van der Waals surface area contributed by atoms with Gasteiger partial charge in [-0.15, -0.1) is 0 Å². The van der Waals surface area contributed by atoms with E-state index in [1.807, 2.05) is 0 Å². The van der Waals surface area contributed by atoms with Crippen molar-refractivity contribution in [1.29, 1.82) is 0 Å². The van der Waals surface area contributed by atoms with Crippen LogP contribution in [0.2, 0.25) is 0 Å². The highest BCUT2D eigenvalue weighted by molar-refractivity contribution is 5.71. The van der Waals surface area contributed by atoms with Gasteiger partial charge in [-0.2, -0.15) is 0 Å². The van der Waals surface area contributed by atoms with E-state index in [4.69, 9.17) is 0 Å². The van der Waals surface area contributed by atoms with E-state index in [9.17, 15) is 13.6 Å². The van der Waals surface area contributed by atoms with E-state index in [1.54, 1.807) is 12.1 Å². The smallest absolute Gasteiger partial charge is 0.311 e. The van der Waals surface area contributed by atoms with E-state index in [-0.39, 0.29) is 25.5 Å². The van der Waals surface area contributed by atoms with Gasteiger partial charge >= 0.3 is 5.97 Å². The molecule has 1 aromatic rings. The molecule has 0 unspecified atom stereocenters. The first-order valence-corrected chi connectivity index (χ1v) is 5.15. The Bertz CT molecular complexity index is 412. The summed E-state index contributed by atoms with van der Waals surface area (Å²) in [5.74, 6) is -2.97. The number of alkyl halides is 2. The Morgan fingerprint density at radius 1 is 1.53 bits per heavy atom. The minimum Gasteiger partial charge on any atom is -0.469 e. The fourth-order valence-corrected chi connectivity index (χ4v) is 1.62. The minimum atomic E-state index is -2.59. The molecular weight excluding hydrogens is 230 g/mol. The number of anilines is 1. The van der Waals surface area contributed by atoms with Crippen molar-refractivity contribution < 1.29 is 18.3 Å². The first kappa shape index (κ1) is 11.8. The quantitative estimate of drug-likeness (QED) is 0.748. The molecule has 0 saturated carbocycles. The summed E-state index contributed by atoms with van der Waals surface area (Å²) in [6.07, 6.45) is 1.58. The molecule has 1 saturated heterocycles. The van der Waals surface area contributed by atoms with Crippen molar-refractivity contribution in [2.75, 3.05) is 25.1 Å². The first-order valence-electron chi connectivity index (χ1n) is 5.15. The second-order valence-corrected chi connectivity index (χ2v) is 3.97. The van der Waals surface area contributed by atoms with E-state index in [1.165, 1.54) is 18.2 Å². The summed E-state index contributed by atoms with van der Waals surface area (Å²) in [5, 5.41) is 0. The van der Waals surface area contributed by atoms with E-state index in [2.05, 4.69) is 9.72 Å². The fourth-order valence-electron chi connectivity index (χ4n) is 1.62. The van der Waals surface area contributed by atoms with Gasteiger partial charge in [0.1, 0.15) is 0 Å². The number of ether oxygens (including phenoxy) is 1. The Balaban J connectivity index is 1.97. The predicted octanol–water partition coefficient (Wildman–Crippen LogP) is 1.25. The van der Waals surface area contributed by atoms with Gasteiger partial charge in [0.25, 0.3) is 5.92 Å². The molecule has 92 valence electrons. The van der Waals surface area contributed by atoms with Gasteiger partial charge in [0.2, 0.25) is 0 Å². The van der Waals surface area contributed by atoms with Crippen LogP contribution in [0.25, 0.3) is 0 Å². The molecule has 2 rings (SSSR count). The molecule has 1 aliphatic rings. The largest absolute Gasteiger partial charge is 0.469 e. The summed E-state index contributed by atoms with van der Waals surface area (Å²) >= 11 is 0. The molecule has 0 spiro atoms. The normalized spacial score (nSPS) is 17.5. The zero-order valence-corrected chi connectivity index (χ0v) is 9.32. The second-order valence-electron chi connectivity index (χ2n) is 3.97. The molecule has 1 fully saturated rings. The first-order chi connectivity index (χ1) is 8.00. The monoisotopic (exact) mass is 242 g/mol. The van der Waals surface area contributed by atoms with Gasteiger partial charge in [0.05, 0.1) is 44.2 Å². The number of carbonyl (C=O) groups is 1. The van der Waals surface area contributed by atoms with Crippen LogP contribution in [0.4, 0.5) is 14.5 Å². The average Bonchev–Trinajstić information content (AvgIpc) is 2.27. The number of aromatic nitrogens is 1. The van der Waals surface area contributed by atoms with E-state index < -0.39 is 5.92 Å². The molecule has 0 aliphatic carbocycles. The number of nitrogens with zero attached hydrogens (tertiary/aromatic N) is 2. The molecule has 1 aromatic heterocycles. The fraction of sp³-hybridized carbons (Fsp3) is 0.455.